The number of aliphatic hydroxyl groups is 1. The van der Waals surface area contributed by atoms with E-state index < -0.39 is 22.4 Å². The van der Waals surface area contributed by atoms with Crippen LogP contribution >= 0.6 is 15.9 Å². The molecule has 1 atom stereocenters. The monoisotopic (exact) mass is 420 g/mol. The summed E-state index contributed by atoms with van der Waals surface area (Å²) >= 11 is 3.52. The molecule has 0 aliphatic heterocycles. The van der Waals surface area contributed by atoms with Crippen molar-refractivity contribution in [3.05, 3.63) is 34.3 Å². The van der Waals surface area contributed by atoms with Crippen molar-refractivity contribution in [1.82, 2.24) is 0 Å². The number of carboxylic acids is 1. The minimum atomic E-state index is -1.33. The highest BCUT2D eigenvalue weighted by atomic mass is 79.9. The lowest BCUT2D eigenvalue weighted by Gasteiger charge is -2.66. The molecule has 26 heavy (non-hydrogen) atoms. The molecular formula is C22H29BrO3. The van der Waals surface area contributed by atoms with Gasteiger partial charge in [0.1, 0.15) is 5.41 Å². The van der Waals surface area contributed by atoms with Crippen LogP contribution in [0.15, 0.2) is 28.7 Å². The van der Waals surface area contributed by atoms with Gasteiger partial charge in [0.15, 0.2) is 0 Å². The number of hydrogen-bond donors (Lipinski definition) is 2. The quantitative estimate of drug-likeness (QED) is 0.722. The predicted octanol–water partition coefficient (Wildman–Crippen LogP) is 5.00. The molecule has 4 saturated carbocycles. The van der Waals surface area contributed by atoms with Crippen LogP contribution in [0.5, 0.6) is 0 Å². The molecule has 1 aromatic carbocycles. The van der Waals surface area contributed by atoms with Crippen molar-refractivity contribution in [3.8, 4) is 0 Å². The molecule has 4 bridgehead atoms. The zero-order valence-electron chi connectivity index (χ0n) is 15.8. The van der Waals surface area contributed by atoms with Crippen molar-refractivity contribution in [2.24, 2.45) is 29.1 Å². The summed E-state index contributed by atoms with van der Waals surface area (Å²) in [6.45, 7) is 5.93. The average molecular weight is 421 g/mol. The fraction of sp³-hybridized carbons (Fsp3) is 0.682. The first-order chi connectivity index (χ1) is 12.1. The standard InChI is InChI=1S/C22H29BrO3/c1-20(2,3)21(19(24)25,15-5-4-6-18(23)12-15)22(26)16-8-13-7-14(10-16)11-17(22)9-13/h4-6,12-14,16-17,26H,7-11H2,1-3H3,(H,24,25). The van der Waals surface area contributed by atoms with Crippen LogP contribution in [0.25, 0.3) is 0 Å². The van der Waals surface area contributed by atoms with Crippen molar-refractivity contribution in [2.75, 3.05) is 0 Å². The van der Waals surface area contributed by atoms with Gasteiger partial charge in [-0.3, -0.25) is 4.79 Å². The third kappa shape index (κ3) is 2.24. The summed E-state index contributed by atoms with van der Waals surface area (Å²) in [4.78, 5) is 13.0. The highest BCUT2D eigenvalue weighted by molar-refractivity contribution is 9.10. The van der Waals surface area contributed by atoms with E-state index in [2.05, 4.69) is 15.9 Å². The normalized spacial score (nSPS) is 38.2. The first-order valence-electron chi connectivity index (χ1n) is 9.82. The highest BCUT2D eigenvalue weighted by Gasteiger charge is 2.72. The summed E-state index contributed by atoms with van der Waals surface area (Å²) in [5, 5.41) is 23.0. The first kappa shape index (κ1) is 18.5. The fourth-order valence-corrected chi connectivity index (χ4v) is 7.52. The molecule has 0 heterocycles. The Morgan fingerprint density at radius 2 is 1.62 bits per heavy atom. The predicted molar refractivity (Wildman–Crippen MR) is 105 cm³/mol. The molecule has 4 fully saturated rings. The van der Waals surface area contributed by atoms with Crippen molar-refractivity contribution in [1.29, 1.82) is 0 Å². The molecule has 3 nitrogen and oxygen atoms in total. The summed E-state index contributed by atoms with van der Waals surface area (Å²) in [5.41, 5.74) is -2.43. The van der Waals surface area contributed by atoms with Crippen LogP contribution in [0.4, 0.5) is 0 Å². The molecular weight excluding hydrogens is 392 g/mol. The molecule has 1 aromatic rings. The molecule has 4 aliphatic rings. The van der Waals surface area contributed by atoms with E-state index in [-0.39, 0.29) is 11.8 Å². The van der Waals surface area contributed by atoms with Gasteiger partial charge in [0.2, 0.25) is 0 Å². The van der Waals surface area contributed by atoms with E-state index in [1.807, 2.05) is 45.0 Å². The second-order valence-corrected chi connectivity index (χ2v) is 10.9. The summed E-state index contributed by atoms with van der Waals surface area (Å²) in [6, 6.07) is 7.61. The lowest BCUT2D eigenvalue weighted by molar-refractivity contribution is -0.237. The smallest absolute Gasteiger partial charge is 0.317 e. The zero-order valence-corrected chi connectivity index (χ0v) is 17.4. The Bertz CT molecular complexity index is 707. The Morgan fingerprint density at radius 1 is 1.08 bits per heavy atom. The molecule has 5 rings (SSSR count). The van der Waals surface area contributed by atoms with E-state index in [1.54, 1.807) is 0 Å². The minimum absolute atomic E-state index is 0.0769. The van der Waals surface area contributed by atoms with Gasteiger partial charge in [0.25, 0.3) is 0 Å². The Labute approximate surface area is 164 Å². The van der Waals surface area contributed by atoms with E-state index >= 15 is 0 Å². The maximum Gasteiger partial charge on any atom is 0.317 e. The molecule has 1 unspecified atom stereocenters. The van der Waals surface area contributed by atoms with Crippen molar-refractivity contribution >= 4 is 21.9 Å². The number of carbonyl (C=O) groups is 1. The van der Waals surface area contributed by atoms with Crippen LogP contribution in [-0.2, 0) is 10.2 Å². The molecule has 0 radical (unpaired) electrons. The number of halogens is 1. The Hall–Kier alpha value is -0.870. The molecule has 0 spiro atoms. The zero-order chi connectivity index (χ0) is 18.9. The molecule has 0 aromatic heterocycles. The summed E-state index contributed by atoms with van der Waals surface area (Å²) in [6.07, 6.45) is 5.17. The van der Waals surface area contributed by atoms with Crippen LogP contribution in [0.2, 0.25) is 0 Å². The Morgan fingerprint density at radius 3 is 2.04 bits per heavy atom. The largest absolute Gasteiger partial charge is 0.480 e. The third-order valence-electron chi connectivity index (χ3n) is 7.69. The van der Waals surface area contributed by atoms with Crippen LogP contribution in [0.1, 0.15) is 58.4 Å². The number of rotatable bonds is 3. The van der Waals surface area contributed by atoms with Gasteiger partial charge >= 0.3 is 5.97 Å². The third-order valence-corrected chi connectivity index (χ3v) is 8.18. The van der Waals surface area contributed by atoms with Crippen molar-refractivity contribution < 1.29 is 15.0 Å². The highest BCUT2D eigenvalue weighted by Crippen LogP contribution is 2.66. The summed E-state index contributed by atoms with van der Waals surface area (Å²) < 4.78 is 0.859. The number of benzene rings is 1. The molecule has 2 N–H and O–H groups in total. The lowest BCUT2D eigenvalue weighted by atomic mass is 9.39. The first-order valence-corrected chi connectivity index (χ1v) is 10.6. The van der Waals surface area contributed by atoms with Gasteiger partial charge in [0, 0.05) is 4.47 Å². The van der Waals surface area contributed by atoms with Gasteiger partial charge in [-0.05, 0) is 78.9 Å². The molecule has 142 valence electrons. The molecule has 0 amide bonds. The second-order valence-electron chi connectivity index (χ2n) is 9.95. The van der Waals surface area contributed by atoms with Gasteiger partial charge in [-0.25, -0.2) is 0 Å². The topological polar surface area (TPSA) is 57.5 Å². The SMILES string of the molecule is CC(C)(C)C(C(=O)O)(c1cccc(Br)c1)C1(O)C2CC3CC(C2)CC1C3. The summed E-state index contributed by atoms with van der Waals surface area (Å²) in [5.74, 6) is 0.609. The van der Waals surface area contributed by atoms with Crippen LogP contribution < -0.4 is 0 Å². The van der Waals surface area contributed by atoms with Gasteiger partial charge in [0.05, 0.1) is 5.60 Å². The Kier molecular flexibility index (Phi) is 4.13. The van der Waals surface area contributed by atoms with Crippen LogP contribution in [0.3, 0.4) is 0 Å². The average Bonchev–Trinajstić information content (AvgIpc) is 2.51. The summed E-state index contributed by atoms with van der Waals surface area (Å²) in [7, 11) is 0. The van der Waals surface area contributed by atoms with Crippen LogP contribution in [-0.4, -0.2) is 21.8 Å². The van der Waals surface area contributed by atoms with Gasteiger partial charge in [-0.15, -0.1) is 0 Å². The van der Waals surface area contributed by atoms with Crippen LogP contribution in [0, 0.1) is 29.1 Å². The van der Waals surface area contributed by atoms with Gasteiger partial charge < -0.3 is 10.2 Å². The van der Waals surface area contributed by atoms with Crippen molar-refractivity contribution in [2.45, 2.75) is 63.9 Å². The van der Waals surface area contributed by atoms with E-state index in [1.165, 1.54) is 6.42 Å². The molecule has 4 heteroatoms. The number of carboxylic acid groups (broad SMARTS) is 1. The van der Waals surface area contributed by atoms with Crippen molar-refractivity contribution in [3.63, 3.8) is 0 Å². The van der Waals surface area contributed by atoms with Gasteiger partial charge in [-0.2, -0.15) is 0 Å². The van der Waals surface area contributed by atoms with E-state index in [0.717, 1.165) is 35.7 Å². The van der Waals surface area contributed by atoms with Gasteiger partial charge in [-0.1, -0.05) is 48.8 Å². The number of hydrogen-bond acceptors (Lipinski definition) is 2. The Balaban J connectivity index is 1.98. The molecule has 0 saturated heterocycles. The maximum atomic E-state index is 13.0. The van der Waals surface area contributed by atoms with E-state index in [9.17, 15) is 15.0 Å². The van der Waals surface area contributed by atoms with E-state index in [0.29, 0.717) is 11.8 Å². The molecule has 4 aliphatic carbocycles. The number of aliphatic carboxylic acids is 1. The maximum absolute atomic E-state index is 13.0. The second kappa shape index (κ2) is 5.81. The van der Waals surface area contributed by atoms with E-state index in [4.69, 9.17) is 0 Å². The minimum Gasteiger partial charge on any atom is -0.480 e. The fourth-order valence-electron chi connectivity index (χ4n) is 7.12. The lowest BCUT2D eigenvalue weighted by Crippen LogP contribution is -2.73.